The molecule has 0 radical (unpaired) electrons. The largest absolute Gasteiger partial charge is 0.384 e. The van der Waals surface area contributed by atoms with E-state index in [1.807, 2.05) is 7.05 Å². The Morgan fingerprint density at radius 2 is 2.24 bits per heavy atom. The lowest BCUT2D eigenvalue weighted by molar-refractivity contribution is 0.321. The summed E-state index contributed by atoms with van der Waals surface area (Å²) in [6.07, 6.45) is 3.84. The van der Waals surface area contributed by atoms with Crippen molar-refractivity contribution in [2.45, 2.75) is 19.3 Å². The normalized spacial score (nSPS) is 15.4. The summed E-state index contributed by atoms with van der Waals surface area (Å²) in [5.74, 6) is 0.292. The Morgan fingerprint density at radius 1 is 1.53 bits per heavy atom. The van der Waals surface area contributed by atoms with E-state index in [9.17, 15) is 4.39 Å². The molecule has 3 N–H and O–H groups in total. The van der Waals surface area contributed by atoms with Gasteiger partial charge in [-0.15, -0.1) is 0 Å². The van der Waals surface area contributed by atoms with E-state index in [0.717, 1.165) is 18.2 Å². The second-order valence-corrected chi connectivity index (χ2v) is 4.75. The fraction of sp³-hybridized carbons (Fsp3) is 0.462. The van der Waals surface area contributed by atoms with Gasteiger partial charge in [0.25, 0.3) is 0 Å². The first-order chi connectivity index (χ1) is 8.08. The molecule has 2 rings (SSSR count). The van der Waals surface area contributed by atoms with Crippen LogP contribution in [-0.2, 0) is 0 Å². The molecule has 0 amide bonds. The standard InChI is InChI=1S/C13H18FN3/c1-17(8-9-3-2-4-9)12-6-5-10(14)7-11(12)13(15)16/h5-7,9H,2-4,8H2,1H3,(H3,15,16). The molecule has 0 aliphatic heterocycles. The van der Waals surface area contributed by atoms with Gasteiger partial charge in [0.1, 0.15) is 11.7 Å². The van der Waals surface area contributed by atoms with Gasteiger partial charge in [-0.2, -0.15) is 0 Å². The zero-order valence-corrected chi connectivity index (χ0v) is 10.0. The summed E-state index contributed by atoms with van der Waals surface area (Å²) in [6, 6.07) is 4.44. The highest BCUT2D eigenvalue weighted by Gasteiger charge is 2.20. The zero-order valence-electron chi connectivity index (χ0n) is 10.0. The van der Waals surface area contributed by atoms with Gasteiger partial charge in [0.05, 0.1) is 0 Å². The molecule has 0 saturated heterocycles. The van der Waals surface area contributed by atoms with Crippen LogP contribution in [0.4, 0.5) is 10.1 Å². The summed E-state index contributed by atoms with van der Waals surface area (Å²) < 4.78 is 13.1. The van der Waals surface area contributed by atoms with E-state index < -0.39 is 0 Å². The van der Waals surface area contributed by atoms with Crippen molar-refractivity contribution >= 4 is 11.5 Å². The minimum atomic E-state index is -0.351. The molecular weight excluding hydrogens is 217 g/mol. The van der Waals surface area contributed by atoms with Crippen molar-refractivity contribution in [3.8, 4) is 0 Å². The average Bonchev–Trinajstić information content (AvgIpc) is 2.23. The molecule has 1 aliphatic rings. The molecule has 4 heteroatoms. The first kappa shape index (κ1) is 11.9. The maximum Gasteiger partial charge on any atom is 0.125 e. The van der Waals surface area contributed by atoms with Gasteiger partial charge < -0.3 is 10.6 Å². The number of nitrogens with one attached hydrogen (secondary N) is 1. The van der Waals surface area contributed by atoms with Crippen LogP contribution >= 0.6 is 0 Å². The minimum absolute atomic E-state index is 0.0834. The Hall–Kier alpha value is -1.58. The van der Waals surface area contributed by atoms with Crippen molar-refractivity contribution in [2.75, 3.05) is 18.5 Å². The van der Waals surface area contributed by atoms with Crippen molar-refractivity contribution in [2.24, 2.45) is 11.7 Å². The monoisotopic (exact) mass is 235 g/mol. The van der Waals surface area contributed by atoms with Gasteiger partial charge in [0, 0.05) is 24.8 Å². The van der Waals surface area contributed by atoms with Crippen molar-refractivity contribution in [1.29, 1.82) is 5.41 Å². The number of halogens is 1. The van der Waals surface area contributed by atoms with Crippen molar-refractivity contribution in [3.63, 3.8) is 0 Å². The van der Waals surface area contributed by atoms with Gasteiger partial charge >= 0.3 is 0 Å². The molecule has 0 bridgehead atoms. The molecule has 3 nitrogen and oxygen atoms in total. The lowest BCUT2D eigenvalue weighted by Crippen LogP contribution is -2.31. The van der Waals surface area contributed by atoms with E-state index in [0.29, 0.717) is 5.56 Å². The molecule has 1 aliphatic carbocycles. The van der Waals surface area contributed by atoms with Crippen molar-refractivity contribution in [3.05, 3.63) is 29.6 Å². The van der Waals surface area contributed by atoms with Crippen LogP contribution in [0.15, 0.2) is 18.2 Å². The topological polar surface area (TPSA) is 53.1 Å². The molecular formula is C13H18FN3. The first-order valence-corrected chi connectivity index (χ1v) is 5.93. The van der Waals surface area contributed by atoms with Gasteiger partial charge in [-0.1, -0.05) is 6.42 Å². The van der Waals surface area contributed by atoms with Crippen molar-refractivity contribution in [1.82, 2.24) is 0 Å². The van der Waals surface area contributed by atoms with E-state index in [1.54, 1.807) is 6.07 Å². The van der Waals surface area contributed by atoms with Gasteiger partial charge in [-0.3, -0.25) is 5.41 Å². The fourth-order valence-electron chi connectivity index (χ4n) is 2.22. The van der Waals surface area contributed by atoms with Gasteiger partial charge in [0.2, 0.25) is 0 Å². The number of nitrogen functional groups attached to an aromatic ring is 1. The Morgan fingerprint density at radius 3 is 2.76 bits per heavy atom. The quantitative estimate of drug-likeness (QED) is 0.621. The van der Waals surface area contributed by atoms with Crippen LogP contribution < -0.4 is 10.6 Å². The number of nitrogens with zero attached hydrogens (tertiary/aromatic N) is 1. The van der Waals surface area contributed by atoms with E-state index >= 15 is 0 Å². The SMILES string of the molecule is CN(CC1CCC1)c1ccc(F)cc1C(=N)N. The Labute approximate surface area is 101 Å². The summed E-state index contributed by atoms with van der Waals surface area (Å²) >= 11 is 0. The van der Waals surface area contributed by atoms with Crippen LogP contribution in [0.3, 0.4) is 0 Å². The first-order valence-electron chi connectivity index (χ1n) is 5.93. The molecule has 1 aromatic rings. The number of benzene rings is 1. The van der Waals surface area contributed by atoms with Gasteiger partial charge in [-0.25, -0.2) is 4.39 Å². The highest BCUT2D eigenvalue weighted by molar-refractivity contribution is 6.00. The van der Waals surface area contributed by atoms with Gasteiger partial charge in [-0.05, 0) is 37.0 Å². The Kier molecular flexibility index (Phi) is 3.31. The van der Waals surface area contributed by atoms with E-state index in [4.69, 9.17) is 11.1 Å². The third-order valence-corrected chi connectivity index (χ3v) is 3.42. The third-order valence-electron chi connectivity index (χ3n) is 3.42. The molecule has 0 unspecified atom stereocenters. The molecule has 0 atom stereocenters. The summed E-state index contributed by atoms with van der Waals surface area (Å²) in [5, 5.41) is 7.49. The van der Waals surface area contributed by atoms with Crippen LogP contribution in [-0.4, -0.2) is 19.4 Å². The molecule has 1 fully saturated rings. The third kappa shape index (κ3) is 2.57. The molecule has 17 heavy (non-hydrogen) atoms. The maximum absolute atomic E-state index is 13.1. The predicted molar refractivity (Wildman–Crippen MR) is 68.0 cm³/mol. The molecule has 0 spiro atoms. The highest BCUT2D eigenvalue weighted by atomic mass is 19.1. The average molecular weight is 235 g/mol. The van der Waals surface area contributed by atoms with Crippen LogP contribution in [0.25, 0.3) is 0 Å². The van der Waals surface area contributed by atoms with Crippen LogP contribution in [0.1, 0.15) is 24.8 Å². The van der Waals surface area contributed by atoms with E-state index in [1.165, 1.54) is 31.4 Å². The number of rotatable bonds is 4. The fourth-order valence-corrected chi connectivity index (χ4v) is 2.22. The molecule has 0 aromatic heterocycles. The summed E-state index contributed by atoms with van der Waals surface area (Å²) in [7, 11) is 1.97. The second kappa shape index (κ2) is 4.73. The number of anilines is 1. The van der Waals surface area contributed by atoms with Crippen molar-refractivity contribution < 1.29 is 4.39 Å². The Balaban J connectivity index is 2.20. The number of hydrogen-bond acceptors (Lipinski definition) is 2. The summed E-state index contributed by atoms with van der Waals surface area (Å²) in [5.41, 5.74) is 6.81. The Bertz CT molecular complexity index is 427. The summed E-state index contributed by atoms with van der Waals surface area (Å²) in [4.78, 5) is 2.07. The predicted octanol–water partition coefficient (Wildman–Crippen LogP) is 2.35. The number of nitrogens with two attached hydrogens (primary N) is 1. The lowest BCUT2D eigenvalue weighted by Gasteiger charge is -2.32. The summed E-state index contributed by atoms with van der Waals surface area (Å²) in [6.45, 7) is 0.950. The molecule has 92 valence electrons. The highest BCUT2D eigenvalue weighted by Crippen LogP contribution is 2.29. The second-order valence-electron chi connectivity index (χ2n) is 4.75. The van der Waals surface area contributed by atoms with Gasteiger partial charge in [0.15, 0.2) is 0 Å². The van der Waals surface area contributed by atoms with E-state index in [-0.39, 0.29) is 11.7 Å². The maximum atomic E-state index is 13.1. The smallest absolute Gasteiger partial charge is 0.125 e. The van der Waals surface area contributed by atoms with Crippen LogP contribution in [0.2, 0.25) is 0 Å². The van der Waals surface area contributed by atoms with E-state index in [2.05, 4.69) is 4.90 Å². The number of hydrogen-bond donors (Lipinski definition) is 2. The lowest BCUT2D eigenvalue weighted by atomic mass is 9.85. The molecule has 1 aromatic carbocycles. The number of amidine groups is 1. The molecule has 1 saturated carbocycles. The molecule has 0 heterocycles. The minimum Gasteiger partial charge on any atom is -0.384 e. The zero-order chi connectivity index (χ0) is 12.4. The van der Waals surface area contributed by atoms with Crippen LogP contribution in [0.5, 0.6) is 0 Å². The van der Waals surface area contributed by atoms with Crippen LogP contribution in [0, 0.1) is 17.1 Å².